The van der Waals surface area contributed by atoms with E-state index >= 15 is 0 Å². The Hall–Kier alpha value is -1.71. The van der Waals surface area contributed by atoms with Crippen LogP contribution in [0.4, 0.5) is 0 Å². The van der Waals surface area contributed by atoms with Gasteiger partial charge in [0, 0.05) is 6.42 Å². The van der Waals surface area contributed by atoms with Crippen molar-refractivity contribution in [2.24, 2.45) is 0 Å². The van der Waals surface area contributed by atoms with E-state index in [9.17, 15) is 9.90 Å². The monoisotopic (exact) mass is 324 g/mol. The van der Waals surface area contributed by atoms with Gasteiger partial charge in [0.2, 0.25) is 0 Å². The number of ether oxygens (including phenoxy) is 1. The quantitative estimate of drug-likeness (QED) is 0.887. The summed E-state index contributed by atoms with van der Waals surface area (Å²) in [4.78, 5) is 11.4. The standard InChI is InChI=1S/C16H14Cl2O3/c1-10-5-7-12(8-6-10)21-14(16(19)20)9-11-3-2-4-13(17)15(11)18/h2-8,14H,9H2,1H3,(H,19,20). The second kappa shape index (κ2) is 6.83. The summed E-state index contributed by atoms with van der Waals surface area (Å²) in [5, 5.41) is 10.1. The van der Waals surface area contributed by atoms with Crippen LogP contribution in [0.25, 0.3) is 0 Å². The van der Waals surface area contributed by atoms with Gasteiger partial charge in [-0.1, -0.05) is 53.0 Å². The third-order valence-electron chi connectivity index (χ3n) is 3.01. The summed E-state index contributed by atoms with van der Waals surface area (Å²) in [5.41, 5.74) is 1.72. The summed E-state index contributed by atoms with van der Waals surface area (Å²) in [6, 6.07) is 12.3. The van der Waals surface area contributed by atoms with Crippen LogP contribution < -0.4 is 4.74 Å². The number of carbonyl (C=O) groups is 1. The number of carboxylic acid groups (broad SMARTS) is 1. The lowest BCUT2D eigenvalue weighted by molar-refractivity contribution is -0.145. The van der Waals surface area contributed by atoms with E-state index in [-0.39, 0.29) is 6.42 Å². The number of aryl methyl sites for hydroxylation is 1. The molecule has 0 aliphatic rings. The molecule has 21 heavy (non-hydrogen) atoms. The molecule has 5 heteroatoms. The maximum atomic E-state index is 11.4. The van der Waals surface area contributed by atoms with Gasteiger partial charge in [0.15, 0.2) is 6.10 Å². The van der Waals surface area contributed by atoms with Crippen LogP contribution >= 0.6 is 23.2 Å². The fraction of sp³-hybridized carbons (Fsp3) is 0.188. The zero-order chi connectivity index (χ0) is 15.4. The molecule has 0 aromatic heterocycles. The highest BCUT2D eigenvalue weighted by Crippen LogP contribution is 2.27. The summed E-state index contributed by atoms with van der Waals surface area (Å²) in [6.45, 7) is 1.95. The fourth-order valence-electron chi connectivity index (χ4n) is 1.87. The van der Waals surface area contributed by atoms with E-state index in [0.717, 1.165) is 5.56 Å². The van der Waals surface area contributed by atoms with Crippen molar-refractivity contribution in [2.45, 2.75) is 19.4 Å². The van der Waals surface area contributed by atoms with Crippen LogP contribution in [0.3, 0.4) is 0 Å². The molecule has 0 aliphatic carbocycles. The lowest BCUT2D eigenvalue weighted by Gasteiger charge is -2.16. The lowest BCUT2D eigenvalue weighted by atomic mass is 10.1. The van der Waals surface area contributed by atoms with Gasteiger partial charge < -0.3 is 9.84 Å². The molecule has 0 aliphatic heterocycles. The molecule has 0 heterocycles. The average molecular weight is 325 g/mol. The van der Waals surface area contributed by atoms with Crippen LogP contribution in [0, 0.1) is 6.92 Å². The first-order chi connectivity index (χ1) is 9.97. The Balaban J connectivity index is 2.18. The number of hydrogen-bond donors (Lipinski definition) is 1. The largest absolute Gasteiger partial charge is 0.478 e. The van der Waals surface area contributed by atoms with Crippen LogP contribution in [0.2, 0.25) is 10.0 Å². The van der Waals surface area contributed by atoms with Crippen molar-refractivity contribution in [3.63, 3.8) is 0 Å². The molecule has 0 fully saturated rings. The van der Waals surface area contributed by atoms with Crippen molar-refractivity contribution < 1.29 is 14.6 Å². The Kier molecular flexibility index (Phi) is 5.10. The molecule has 0 radical (unpaired) electrons. The molecule has 1 N–H and O–H groups in total. The first kappa shape index (κ1) is 15.7. The van der Waals surface area contributed by atoms with Gasteiger partial charge in [-0.15, -0.1) is 0 Å². The third-order valence-corrected chi connectivity index (χ3v) is 3.87. The molecular weight excluding hydrogens is 311 g/mol. The Labute approximate surface area is 133 Å². The van der Waals surface area contributed by atoms with E-state index in [1.807, 2.05) is 19.1 Å². The van der Waals surface area contributed by atoms with Crippen molar-refractivity contribution in [1.82, 2.24) is 0 Å². The van der Waals surface area contributed by atoms with E-state index in [0.29, 0.717) is 21.4 Å². The molecule has 2 aromatic carbocycles. The summed E-state index contributed by atoms with van der Waals surface area (Å²) in [6.07, 6.45) is -0.883. The molecule has 1 atom stereocenters. The maximum Gasteiger partial charge on any atom is 0.345 e. The summed E-state index contributed by atoms with van der Waals surface area (Å²) in [7, 11) is 0. The van der Waals surface area contributed by atoms with Gasteiger partial charge in [0.25, 0.3) is 0 Å². The second-order valence-corrected chi connectivity index (χ2v) is 5.46. The van der Waals surface area contributed by atoms with E-state index in [1.165, 1.54) is 0 Å². The van der Waals surface area contributed by atoms with E-state index in [4.69, 9.17) is 27.9 Å². The Morgan fingerprint density at radius 3 is 2.48 bits per heavy atom. The lowest BCUT2D eigenvalue weighted by Crippen LogP contribution is -2.29. The summed E-state index contributed by atoms with van der Waals surface area (Å²) >= 11 is 12.0. The molecule has 0 spiro atoms. The fourth-order valence-corrected chi connectivity index (χ4v) is 2.26. The third kappa shape index (κ3) is 4.13. The van der Waals surface area contributed by atoms with Crippen molar-refractivity contribution in [1.29, 1.82) is 0 Å². The van der Waals surface area contributed by atoms with Crippen molar-refractivity contribution >= 4 is 29.2 Å². The maximum absolute atomic E-state index is 11.4. The molecule has 1 unspecified atom stereocenters. The zero-order valence-corrected chi connectivity index (χ0v) is 12.9. The van der Waals surface area contributed by atoms with Gasteiger partial charge in [0.1, 0.15) is 5.75 Å². The SMILES string of the molecule is Cc1ccc(OC(Cc2cccc(Cl)c2Cl)C(=O)O)cc1. The highest BCUT2D eigenvalue weighted by Gasteiger charge is 2.21. The average Bonchev–Trinajstić information content (AvgIpc) is 2.45. The van der Waals surface area contributed by atoms with Crippen LogP contribution in [0.1, 0.15) is 11.1 Å². The van der Waals surface area contributed by atoms with Crippen molar-refractivity contribution in [3.05, 3.63) is 63.6 Å². The van der Waals surface area contributed by atoms with Gasteiger partial charge in [-0.25, -0.2) is 4.79 Å². The van der Waals surface area contributed by atoms with Crippen molar-refractivity contribution in [2.75, 3.05) is 0 Å². The van der Waals surface area contributed by atoms with Crippen LogP contribution in [0.5, 0.6) is 5.75 Å². The predicted octanol–water partition coefficient (Wildman–Crippen LogP) is 4.38. The second-order valence-electron chi connectivity index (χ2n) is 4.67. The molecule has 0 amide bonds. The Morgan fingerprint density at radius 1 is 1.19 bits per heavy atom. The summed E-state index contributed by atoms with van der Waals surface area (Å²) < 4.78 is 5.53. The van der Waals surface area contributed by atoms with E-state index in [2.05, 4.69) is 0 Å². The molecule has 0 saturated carbocycles. The number of benzene rings is 2. The predicted molar refractivity (Wildman–Crippen MR) is 83.4 cm³/mol. The van der Waals surface area contributed by atoms with Gasteiger partial charge in [-0.3, -0.25) is 0 Å². The van der Waals surface area contributed by atoms with Gasteiger partial charge in [-0.05, 0) is 30.7 Å². The van der Waals surface area contributed by atoms with Crippen LogP contribution in [-0.4, -0.2) is 17.2 Å². The van der Waals surface area contributed by atoms with Gasteiger partial charge >= 0.3 is 5.97 Å². The van der Waals surface area contributed by atoms with Gasteiger partial charge in [-0.2, -0.15) is 0 Å². The molecule has 0 saturated heterocycles. The molecule has 2 rings (SSSR count). The highest BCUT2D eigenvalue weighted by molar-refractivity contribution is 6.42. The minimum absolute atomic E-state index is 0.141. The minimum atomic E-state index is -1.05. The normalized spacial score (nSPS) is 12.0. The number of halogens is 2. The number of aliphatic carboxylic acids is 1. The topological polar surface area (TPSA) is 46.5 Å². The Morgan fingerprint density at radius 2 is 1.86 bits per heavy atom. The Bertz CT molecular complexity index is 638. The van der Waals surface area contributed by atoms with Gasteiger partial charge in [0.05, 0.1) is 10.0 Å². The first-order valence-corrected chi connectivity index (χ1v) is 7.12. The number of carboxylic acids is 1. The molecular formula is C16H14Cl2O3. The molecule has 3 nitrogen and oxygen atoms in total. The first-order valence-electron chi connectivity index (χ1n) is 6.36. The van der Waals surface area contributed by atoms with Crippen molar-refractivity contribution in [3.8, 4) is 5.75 Å². The molecule has 0 bridgehead atoms. The number of rotatable bonds is 5. The molecule has 110 valence electrons. The van der Waals surface area contributed by atoms with Crippen LogP contribution in [-0.2, 0) is 11.2 Å². The highest BCUT2D eigenvalue weighted by atomic mass is 35.5. The van der Waals surface area contributed by atoms with E-state index in [1.54, 1.807) is 30.3 Å². The minimum Gasteiger partial charge on any atom is -0.478 e. The smallest absolute Gasteiger partial charge is 0.345 e. The zero-order valence-electron chi connectivity index (χ0n) is 11.3. The molecule has 2 aromatic rings. The van der Waals surface area contributed by atoms with Crippen LogP contribution in [0.15, 0.2) is 42.5 Å². The van der Waals surface area contributed by atoms with E-state index < -0.39 is 12.1 Å². The number of hydrogen-bond acceptors (Lipinski definition) is 2. The summed E-state index contributed by atoms with van der Waals surface area (Å²) in [5.74, 6) is -0.544.